The predicted octanol–water partition coefficient (Wildman–Crippen LogP) is 4.27. The lowest BCUT2D eigenvalue weighted by Gasteiger charge is -2.36. The number of H-pyrrole nitrogens is 1. The topological polar surface area (TPSA) is 54.0 Å². The number of pyridine rings is 1. The van der Waals surface area contributed by atoms with Gasteiger partial charge >= 0.3 is 0 Å². The molecular weight excluding hydrogens is 452 g/mol. The summed E-state index contributed by atoms with van der Waals surface area (Å²) >= 11 is 8.16. The molecule has 6 rings (SSSR count). The molecule has 7 heteroatoms. The van der Waals surface area contributed by atoms with Gasteiger partial charge in [0, 0.05) is 46.1 Å². The third kappa shape index (κ3) is 3.63. The minimum Gasteiger partial charge on any atom is -0.497 e. The van der Waals surface area contributed by atoms with Crippen LogP contribution in [0.25, 0.3) is 23.4 Å². The van der Waals surface area contributed by atoms with Crippen LogP contribution in [-0.4, -0.2) is 34.0 Å². The highest BCUT2D eigenvalue weighted by Crippen LogP contribution is 2.39. The fourth-order valence-electron chi connectivity index (χ4n) is 4.83. The van der Waals surface area contributed by atoms with E-state index in [2.05, 4.69) is 44.5 Å². The van der Waals surface area contributed by atoms with Crippen molar-refractivity contribution < 1.29 is 4.74 Å². The highest BCUT2D eigenvalue weighted by molar-refractivity contribution is 7.14. The van der Waals surface area contributed by atoms with Gasteiger partial charge in [-0.2, -0.15) is 0 Å². The Morgan fingerprint density at radius 1 is 1.21 bits per heavy atom. The van der Waals surface area contributed by atoms with Crippen molar-refractivity contribution in [3.63, 3.8) is 0 Å². The summed E-state index contributed by atoms with van der Waals surface area (Å²) in [6, 6.07) is 12.4. The monoisotopic (exact) mass is 474 g/mol. The van der Waals surface area contributed by atoms with Crippen molar-refractivity contribution in [1.29, 1.82) is 0 Å². The number of halogens is 1. The van der Waals surface area contributed by atoms with E-state index in [1.54, 1.807) is 24.6 Å². The second kappa shape index (κ2) is 8.36. The van der Waals surface area contributed by atoms with Crippen molar-refractivity contribution in [3.05, 3.63) is 81.6 Å². The van der Waals surface area contributed by atoms with Crippen molar-refractivity contribution >= 4 is 40.2 Å². The Bertz CT molecular complexity index is 1410. The summed E-state index contributed by atoms with van der Waals surface area (Å²) in [5, 5.41) is 5.63. The van der Waals surface area contributed by atoms with Crippen molar-refractivity contribution in [1.82, 2.24) is 15.0 Å². The number of hydrogen-bond acceptors (Lipinski definition) is 5. The summed E-state index contributed by atoms with van der Waals surface area (Å²) < 4.78 is 5.41. The average molecular weight is 475 g/mol. The largest absolute Gasteiger partial charge is 0.497 e. The van der Waals surface area contributed by atoms with Gasteiger partial charge in [0.25, 0.3) is 0 Å². The predicted molar refractivity (Wildman–Crippen MR) is 134 cm³/mol. The number of methoxy groups -OCH3 is 1. The van der Waals surface area contributed by atoms with Crippen LogP contribution >= 0.6 is 22.9 Å². The number of ether oxygens (including phenoxy) is 1. The van der Waals surface area contributed by atoms with E-state index < -0.39 is 0 Å². The van der Waals surface area contributed by atoms with Gasteiger partial charge in [-0.3, -0.25) is 4.98 Å². The maximum Gasteiger partial charge on any atom is 0.186 e. The minimum absolute atomic E-state index is 0.0359. The molecule has 2 atom stereocenters. The van der Waals surface area contributed by atoms with Gasteiger partial charge in [0.05, 0.1) is 24.2 Å². The van der Waals surface area contributed by atoms with E-state index in [1.807, 2.05) is 30.5 Å². The van der Waals surface area contributed by atoms with Crippen LogP contribution in [0.15, 0.2) is 54.2 Å². The zero-order chi connectivity index (χ0) is 22.4. The molecule has 0 saturated carbocycles. The summed E-state index contributed by atoms with van der Waals surface area (Å²) in [6.07, 6.45) is 9.88. The highest BCUT2D eigenvalue weighted by atomic mass is 35.5. The number of nitrogens with one attached hydrogen (secondary N) is 1. The molecule has 2 unspecified atom stereocenters. The number of benzene rings is 1. The first-order chi connectivity index (χ1) is 16.2. The second-order valence-corrected chi connectivity index (χ2v) is 9.74. The van der Waals surface area contributed by atoms with E-state index in [-0.39, 0.29) is 11.4 Å². The first kappa shape index (κ1) is 20.5. The SMILES string of the molecule is COc1ccc(C2c3[nH]c4c(c3CCN2c2nc(-c3cccnc3)cs2)=CC(Cl)CC=4)cc1. The normalized spacial score (nSPS) is 19.3. The molecule has 3 aromatic heterocycles. The number of nitrogens with zero attached hydrogens (tertiary/aromatic N) is 3. The van der Waals surface area contributed by atoms with E-state index in [4.69, 9.17) is 21.3 Å². The van der Waals surface area contributed by atoms with Gasteiger partial charge in [-0.05, 0) is 48.2 Å². The van der Waals surface area contributed by atoms with Crippen LogP contribution in [-0.2, 0) is 6.42 Å². The van der Waals surface area contributed by atoms with Crippen molar-refractivity contribution in [2.75, 3.05) is 18.6 Å². The lowest BCUT2D eigenvalue weighted by atomic mass is 9.93. The third-order valence-corrected chi connectivity index (χ3v) is 7.60. The van der Waals surface area contributed by atoms with Crippen molar-refractivity contribution in [2.45, 2.75) is 24.3 Å². The second-order valence-electron chi connectivity index (χ2n) is 8.34. The Labute approximate surface area is 201 Å². The van der Waals surface area contributed by atoms with Crippen LogP contribution in [0.2, 0.25) is 0 Å². The smallest absolute Gasteiger partial charge is 0.186 e. The van der Waals surface area contributed by atoms with Gasteiger partial charge < -0.3 is 14.6 Å². The van der Waals surface area contributed by atoms with Gasteiger partial charge in [0.15, 0.2) is 5.13 Å². The number of aromatic nitrogens is 3. The summed E-state index contributed by atoms with van der Waals surface area (Å²) in [7, 11) is 1.70. The molecule has 166 valence electrons. The molecule has 0 radical (unpaired) electrons. The Hall–Kier alpha value is -3.09. The lowest BCUT2D eigenvalue weighted by molar-refractivity contribution is 0.414. The van der Waals surface area contributed by atoms with E-state index in [0.717, 1.165) is 41.5 Å². The lowest BCUT2D eigenvalue weighted by Crippen LogP contribution is -2.38. The maximum atomic E-state index is 6.48. The standard InChI is InChI=1S/C26H23ClN4OS/c1-32-19-7-4-16(5-8-19)25-24-20(21-13-18(27)6-9-22(21)29-24)10-12-31(25)26-30-23(15-33-26)17-3-2-11-28-14-17/h2-5,7-9,11,13-15,18,25,29H,6,10,12H2,1H3. The maximum absolute atomic E-state index is 6.48. The first-order valence-corrected chi connectivity index (χ1v) is 12.4. The van der Waals surface area contributed by atoms with E-state index in [0.29, 0.717) is 0 Å². The number of rotatable bonds is 4. The number of alkyl halides is 1. The van der Waals surface area contributed by atoms with Gasteiger partial charge in [-0.25, -0.2) is 4.98 Å². The molecule has 0 saturated heterocycles. The fourth-order valence-corrected chi connectivity index (χ4v) is 5.93. The molecule has 1 aliphatic carbocycles. The Kier molecular flexibility index (Phi) is 5.19. The number of aromatic amines is 1. The molecule has 1 N–H and O–H groups in total. The van der Waals surface area contributed by atoms with Crippen LogP contribution in [0.1, 0.15) is 29.3 Å². The summed E-state index contributed by atoms with van der Waals surface area (Å²) in [6.45, 7) is 0.884. The zero-order valence-electron chi connectivity index (χ0n) is 18.2. The minimum atomic E-state index is 0.0359. The molecule has 5 nitrogen and oxygen atoms in total. The molecule has 1 aromatic carbocycles. The summed E-state index contributed by atoms with van der Waals surface area (Å²) in [5.41, 5.74) is 5.79. The Morgan fingerprint density at radius 2 is 2.09 bits per heavy atom. The van der Waals surface area contributed by atoms with Crippen molar-refractivity contribution in [3.8, 4) is 17.0 Å². The highest BCUT2D eigenvalue weighted by Gasteiger charge is 2.33. The van der Waals surface area contributed by atoms with Crippen LogP contribution in [0, 0.1) is 0 Å². The van der Waals surface area contributed by atoms with E-state index >= 15 is 0 Å². The first-order valence-electron chi connectivity index (χ1n) is 11.0. The van der Waals surface area contributed by atoms with Crippen LogP contribution < -0.4 is 20.2 Å². The molecule has 2 aliphatic rings. The molecule has 33 heavy (non-hydrogen) atoms. The molecule has 4 heterocycles. The summed E-state index contributed by atoms with van der Waals surface area (Å²) in [5.74, 6) is 0.854. The number of anilines is 1. The molecule has 1 aliphatic heterocycles. The van der Waals surface area contributed by atoms with Gasteiger partial charge in [-0.15, -0.1) is 22.9 Å². The molecule has 0 spiro atoms. The number of thiazole rings is 1. The average Bonchev–Trinajstić information content (AvgIpc) is 3.49. The molecule has 0 bridgehead atoms. The molecule has 0 fully saturated rings. The van der Waals surface area contributed by atoms with Crippen LogP contribution in [0.4, 0.5) is 5.13 Å². The fraction of sp³-hybridized carbons (Fsp3) is 0.231. The molecule has 0 amide bonds. The van der Waals surface area contributed by atoms with Crippen LogP contribution in [0.3, 0.4) is 0 Å². The Balaban J connectivity index is 1.48. The van der Waals surface area contributed by atoms with Crippen LogP contribution in [0.5, 0.6) is 5.75 Å². The third-order valence-electron chi connectivity index (χ3n) is 6.42. The van der Waals surface area contributed by atoms with Crippen molar-refractivity contribution in [2.24, 2.45) is 0 Å². The van der Waals surface area contributed by atoms with E-state index in [1.165, 1.54) is 27.4 Å². The molecular formula is C26H23ClN4OS. The Morgan fingerprint density at radius 3 is 2.88 bits per heavy atom. The number of fused-ring (bicyclic) bond motifs is 3. The van der Waals surface area contributed by atoms with Gasteiger partial charge in [0.1, 0.15) is 5.75 Å². The zero-order valence-corrected chi connectivity index (χ0v) is 19.7. The summed E-state index contributed by atoms with van der Waals surface area (Å²) in [4.78, 5) is 15.4. The van der Waals surface area contributed by atoms with Gasteiger partial charge in [-0.1, -0.05) is 24.3 Å². The molecule has 4 aromatic rings. The van der Waals surface area contributed by atoms with E-state index in [9.17, 15) is 0 Å². The number of hydrogen-bond donors (Lipinski definition) is 1. The van der Waals surface area contributed by atoms with Gasteiger partial charge in [0.2, 0.25) is 0 Å². The quantitative estimate of drug-likeness (QED) is 0.449.